The van der Waals surface area contributed by atoms with Crippen molar-refractivity contribution in [3.8, 4) is 21.6 Å². The molecule has 2 heterocycles. The summed E-state index contributed by atoms with van der Waals surface area (Å²) in [6.45, 7) is 0. The van der Waals surface area contributed by atoms with Gasteiger partial charge in [-0.15, -0.1) is 22.7 Å². The number of thiophene rings is 2. The molecule has 2 heteroatoms. The minimum Gasteiger partial charge on any atom is -0.147 e. The van der Waals surface area contributed by atoms with Gasteiger partial charge in [0.2, 0.25) is 0 Å². The second-order valence-electron chi connectivity index (χ2n) is 8.75. The predicted molar refractivity (Wildman–Crippen MR) is 121 cm³/mol. The van der Waals surface area contributed by atoms with Gasteiger partial charge >= 0.3 is 0 Å². The topological polar surface area (TPSA) is 0 Å². The predicted octanol–water partition coefficient (Wildman–Crippen LogP) is 8.21. The number of hydrogen-bond acceptors (Lipinski definition) is 2. The van der Waals surface area contributed by atoms with Gasteiger partial charge in [0, 0.05) is 38.3 Å². The van der Waals surface area contributed by atoms with Crippen LogP contribution in [0, 0.1) is 0 Å². The first-order valence-electron chi connectivity index (χ1n) is 10.6. The van der Waals surface area contributed by atoms with E-state index in [0.29, 0.717) is 23.7 Å². The minimum atomic E-state index is 0.630. The van der Waals surface area contributed by atoms with Crippen molar-refractivity contribution in [1.82, 2.24) is 0 Å². The van der Waals surface area contributed by atoms with Crippen molar-refractivity contribution < 1.29 is 0 Å². The van der Waals surface area contributed by atoms with Gasteiger partial charge in [0.05, 0.1) is 0 Å². The lowest BCUT2D eigenvalue weighted by molar-refractivity contribution is 0.563. The fourth-order valence-electron chi connectivity index (χ4n) is 5.90. The van der Waals surface area contributed by atoms with Crippen molar-refractivity contribution >= 4 is 22.7 Å². The Balaban J connectivity index is 1.39. The summed E-state index contributed by atoms with van der Waals surface area (Å²) >= 11 is 4.05. The standard InChI is InChI=1S/C26H22S2/c1-2-4-20(23-13-21-15-5-9-17(10-6-15)25(21)28-23)19(3-1)22-14-27-26-18-11-7-16(8-12-18)24(22)26/h1-5,7,9,11,13-18H,6,8,10,12H2. The van der Waals surface area contributed by atoms with Gasteiger partial charge in [0.1, 0.15) is 0 Å². The van der Waals surface area contributed by atoms with Crippen LogP contribution in [0.2, 0.25) is 0 Å². The highest BCUT2D eigenvalue weighted by Crippen LogP contribution is 2.54. The zero-order valence-corrected chi connectivity index (χ0v) is 17.4. The van der Waals surface area contributed by atoms with Crippen molar-refractivity contribution in [3.63, 3.8) is 0 Å². The second-order valence-corrected chi connectivity index (χ2v) is 10.7. The van der Waals surface area contributed by atoms with E-state index in [-0.39, 0.29) is 0 Å². The van der Waals surface area contributed by atoms with E-state index in [1.165, 1.54) is 47.3 Å². The van der Waals surface area contributed by atoms with Gasteiger partial charge in [-0.05, 0) is 64.9 Å². The molecule has 28 heavy (non-hydrogen) atoms. The zero-order chi connectivity index (χ0) is 18.2. The van der Waals surface area contributed by atoms with Crippen molar-refractivity contribution in [2.75, 3.05) is 0 Å². The maximum absolute atomic E-state index is 2.52. The van der Waals surface area contributed by atoms with Crippen LogP contribution >= 0.6 is 22.7 Å². The molecule has 0 saturated carbocycles. The fourth-order valence-corrected chi connectivity index (χ4v) is 8.55. The molecule has 0 aliphatic heterocycles. The zero-order valence-electron chi connectivity index (χ0n) is 15.7. The maximum atomic E-state index is 2.52. The first-order chi connectivity index (χ1) is 13.9. The van der Waals surface area contributed by atoms with E-state index in [4.69, 9.17) is 0 Å². The Labute approximate surface area is 174 Å². The number of fused-ring (bicyclic) bond motifs is 2. The molecule has 4 atom stereocenters. The quantitative estimate of drug-likeness (QED) is 0.382. The first-order valence-corrected chi connectivity index (χ1v) is 12.3. The van der Waals surface area contributed by atoms with Crippen molar-refractivity contribution in [1.29, 1.82) is 0 Å². The van der Waals surface area contributed by atoms with E-state index in [2.05, 4.69) is 71.4 Å². The van der Waals surface area contributed by atoms with Gasteiger partial charge in [-0.1, -0.05) is 48.6 Å². The summed E-state index contributed by atoms with van der Waals surface area (Å²) in [5.74, 6) is 2.63. The molecule has 1 aromatic carbocycles. The summed E-state index contributed by atoms with van der Waals surface area (Å²) in [6.07, 6.45) is 15.2. The summed E-state index contributed by atoms with van der Waals surface area (Å²) in [5, 5.41) is 2.45. The molecule has 4 bridgehead atoms. The molecule has 2 aromatic heterocycles. The van der Waals surface area contributed by atoms with Crippen LogP contribution in [-0.2, 0) is 0 Å². The smallest absolute Gasteiger partial charge is 0.0355 e. The third kappa shape index (κ3) is 2.11. The molecule has 0 saturated heterocycles. The monoisotopic (exact) mass is 398 g/mol. The number of benzene rings is 1. The molecule has 0 nitrogen and oxygen atoms in total. The molecule has 6 aliphatic rings. The Bertz CT molecular complexity index is 1120. The van der Waals surface area contributed by atoms with E-state index < -0.39 is 0 Å². The van der Waals surface area contributed by atoms with Gasteiger partial charge in [0.15, 0.2) is 0 Å². The molecule has 4 unspecified atom stereocenters. The van der Waals surface area contributed by atoms with Gasteiger partial charge in [-0.25, -0.2) is 0 Å². The Hall–Kier alpha value is -1.90. The van der Waals surface area contributed by atoms with Gasteiger partial charge < -0.3 is 0 Å². The second kappa shape index (κ2) is 5.81. The summed E-state index contributed by atoms with van der Waals surface area (Å²) in [7, 11) is 0. The first kappa shape index (κ1) is 16.0. The lowest BCUT2D eigenvalue weighted by atomic mass is 9.73. The Morgan fingerprint density at radius 3 is 2.11 bits per heavy atom. The van der Waals surface area contributed by atoms with E-state index in [0.717, 1.165) is 0 Å². The van der Waals surface area contributed by atoms with Crippen LogP contribution in [0.15, 0.2) is 60.0 Å². The van der Waals surface area contributed by atoms with E-state index in [9.17, 15) is 0 Å². The van der Waals surface area contributed by atoms with Crippen molar-refractivity contribution in [3.05, 3.63) is 80.9 Å². The highest BCUT2D eigenvalue weighted by atomic mass is 32.1. The van der Waals surface area contributed by atoms with E-state index >= 15 is 0 Å². The molecule has 3 aromatic rings. The number of rotatable bonds is 2. The molecule has 138 valence electrons. The lowest BCUT2D eigenvalue weighted by Crippen LogP contribution is -2.15. The average molecular weight is 399 g/mol. The van der Waals surface area contributed by atoms with Crippen LogP contribution in [-0.4, -0.2) is 0 Å². The average Bonchev–Trinajstić information content (AvgIpc) is 3.43. The molecule has 0 fully saturated rings. The normalized spacial score (nSPS) is 28.6. The molecular formula is C26H22S2. The van der Waals surface area contributed by atoms with E-state index in [1.807, 2.05) is 11.3 Å². The van der Waals surface area contributed by atoms with Crippen LogP contribution < -0.4 is 0 Å². The Morgan fingerprint density at radius 1 is 0.679 bits per heavy atom. The fraction of sp³-hybridized carbons (Fsp3) is 0.308. The van der Waals surface area contributed by atoms with Crippen LogP contribution in [0.1, 0.15) is 70.2 Å². The van der Waals surface area contributed by atoms with Gasteiger partial charge in [-0.3, -0.25) is 0 Å². The molecular weight excluding hydrogens is 376 g/mol. The van der Waals surface area contributed by atoms with Crippen LogP contribution in [0.25, 0.3) is 21.6 Å². The largest absolute Gasteiger partial charge is 0.147 e. The highest BCUT2D eigenvalue weighted by molar-refractivity contribution is 7.16. The number of allylic oxidation sites excluding steroid dienone is 4. The maximum Gasteiger partial charge on any atom is 0.0355 e. The molecule has 0 radical (unpaired) electrons. The SMILES string of the molecule is C1=CC2CCC1c1cc(-c3ccccc3-c3csc4c3C3C=CC4CC3)sc12. The van der Waals surface area contributed by atoms with Gasteiger partial charge in [-0.2, -0.15) is 0 Å². The number of hydrogen-bond donors (Lipinski definition) is 0. The third-order valence-electron chi connectivity index (χ3n) is 7.31. The highest BCUT2D eigenvalue weighted by Gasteiger charge is 2.34. The Kier molecular flexibility index (Phi) is 3.31. The van der Waals surface area contributed by atoms with Crippen molar-refractivity contribution in [2.24, 2.45) is 0 Å². The van der Waals surface area contributed by atoms with Crippen molar-refractivity contribution in [2.45, 2.75) is 49.4 Å². The lowest BCUT2D eigenvalue weighted by Gasteiger charge is -2.31. The molecule has 6 aliphatic carbocycles. The summed E-state index contributed by atoms with van der Waals surface area (Å²) in [5.41, 5.74) is 7.64. The van der Waals surface area contributed by atoms with Crippen LogP contribution in [0.5, 0.6) is 0 Å². The van der Waals surface area contributed by atoms with E-state index in [1.54, 1.807) is 20.9 Å². The molecule has 0 N–H and O–H groups in total. The minimum absolute atomic E-state index is 0.630. The summed E-state index contributed by atoms with van der Waals surface area (Å²) in [6, 6.07) is 11.7. The van der Waals surface area contributed by atoms with Gasteiger partial charge in [0.25, 0.3) is 0 Å². The Morgan fingerprint density at radius 2 is 1.36 bits per heavy atom. The molecule has 0 spiro atoms. The third-order valence-corrected chi connectivity index (χ3v) is 9.75. The molecule has 0 amide bonds. The van der Waals surface area contributed by atoms with Crippen LogP contribution in [0.3, 0.4) is 0 Å². The summed E-state index contributed by atoms with van der Waals surface area (Å²) < 4.78 is 0. The molecule has 9 rings (SSSR count). The van der Waals surface area contributed by atoms with Crippen LogP contribution in [0.4, 0.5) is 0 Å². The summed E-state index contributed by atoms with van der Waals surface area (Å²) in [4.78, 5) is 4.74.